The van der Waals surface area contributed by atoms with E-state index in [4.69, 9.17) is 9.15 Å². The molecule has 1 aliphatic rings. The Balaban J connectivity index is 2.38. The van der Waals surface area contributed by atoms with Gasteiger partial charge in [-0.15, -0.1) is 0 Å². The molecule has 0 aliphatic heterocycles. The van der Waals surface area contributed by atoms with Gasteiger partial charge in [-0.25, -0.2) is 4.79 Å². The Labute approximate surface area is 140 Å². The topological polar surface area (TPSA) is 94.8 Å². The first-order chi connectivity index (χ1) is 11.5. The molecule has 1 aliphatic carbocycles. The average Bonchev–Trinajstić information content (AvgIpc) is 3.21. The average molecular weight is 335 g/mol. The molecule has 0 bridgehead atoms. The molecule has 0 radical (unpaired) electrons. The van der Waals surface area contributed by atoms with E-state index in [-0.39, 0.29) is 18.8 Å². The summed E-state index contributed by atoms with van der Waals surface area (Å²) < 4.78 is 15.0. The molecule has 1 amide bonds. The van der Waals surface area contributed by atoms with Crippen molar-refractivity contribution in [3.63, 3.8) is 0 Å². The van der Waals surface area contributed by atoms with Crippen molar-refractivity contribution in [3.05, 3.63) is 30.2 Å². The predicted octanol–water partition coefficient (Wildman–Crippen LogP) is 2.32. The van der Waals surface area contributed by atoms with Crippen molar-refractivity contribution >= 4 is 23.9 Å². The Hall–Kier alpha value is -2.57. The van der Waals surface area contributed by atoms with E-state index in [9.17, 15) is 14.4 Å². The normalized spacial score (nSPS) is 21.7. The summed E-state index contributed by atoms with van der Waals surface area (Å²) in [5, 5.41) is 2.57. The molecule has 130 valence electrons. The first-order valence-corrected chi connectivity index (χ1v) is 7.81. The highest BCUT2D eigenvalue weighted by atomic mass is 16.5. The minimum absolute atomic E-state index is 0.153. The number of ketones is 1. The SMILES string of the molecule is CCOC(=O)[C@@]1([C@H](/C=C/c2ccco2)NC(=O)OC)CCCC1=O. The maximum atomic E-state index is 12.6. The zero-order valence-electron chi connectivity index (χ0n) is 13.7. The standard InChI is InChI=1S/C17H21NO6/c1-3-23-15(20)17(10-4-7-14(17)19)13(18-16(21)22-2)9-8-12-6-5-11-24-12/h5-6,8-9,11,13H,3-4,7,10H2,1-2H3,(H,18,21)/b9-8+/t13-,17+/m0/s1. The van der Waals surface area contributed by atoms with Crippen LogP contribution < -0.4 is 5.32 Å². The third kappa shape index (κ3) is 3.50. The van der Waals surface area contributed by atoms with Gasteiger partial charge in [0.1, 0.15) is 11.2 Å². The fraction of sp³-hybridized carbons (Fsp3) is 0.471. The number of rotatable bonds is 6. The molecule has 2 atom stereocenters. The van der Waals surface area contributed by atoms with E-state index in [0.717, 1.165) is 0 Å². The summed E-state index contributed by atoms with van der Waals surface area (Å²) in [6, 6.07) is 2.55. The van der Waals surface area contributed by atoms with Crippen molar-refractivity contribution in [2.45, 2.75) is 32.2 Å². The van der Waals surface area contributed by atoms with Crippen molar-refractivity contribution in [2.75, 3.05) is 13.7 Å². The van der Waals surface area contributed by atoms with E-state index in [2.05, 4.69) is 10.1 Å². The maximum Gasteiger partial charge on any atom is 0.407 e. The number of amides is 1. The Bertz CT molecular complexity index is 621. The number of nitrogens with one attached hydrogen (secondary N) is 1. The largest absolute Gasteiger partial charge is 0.465 e. The van der Waals surface area contributed by atoms with Crippen LogP contribution in [0.1, 0.15) is 31.9 Å². The molecule has 7 heteroatoms. The molecule has 7 nitrogen and oxygen atoms in total. The minimum atomic E-state index is -1.44. The monoisotopic (exact) mass is 335 g/mol. The number of Topliss-reactive ketones (excluding diaryl/α,β-unsaturated/α-hetero) is 1. The Morgan fingerprint density at radius 1 is 1.50 bits per heavy atom. The first-order valence-electron chi connectivity index (χ1n) is 7.81. The van der Waals surface area contributed by atoms with Gasteiger partial charge in [0.05, 0.1) is 26.0 Å². The number of ether oxygens (including phenoxy) is 2. The molecular weight excluding hydrogens is 314 g/mol. The van der Waals surface area contributed by atoms with Gasteiger partial charge < -0.3 is 19.2 Å². The molecule has 1 aromatic rings. The van der Waals surface area contributed by atoms with Crippen LogP contribution >= 0.6 is 0 Å². The molecule has 2 rings (SSSR count). The van der Waals surface area contributed by atoms with E-state index < -0.39 is 23.5 Å². The highest BCUT2D eigenvalue weighted by Crippen LogP contribution is 2.40. The Kier molecular flexibility index (Phi) is 5.78. The smallest absolute Gasteiger partial charge is 0.407 e. The zero-order valence-corrected chi connectivity index (χ0v) is 13.7. The van der Waals surface area contributed by atoms with Crippen LogP contribution in [0.5, 0.6) is 0 Å². The van der Waals surface area contributed by atoms with Gasteiger partial charge >= 0.3 is 12.1 Å². The molecule has 0 aromatic carbocycles. The number of hydrogen-bond acceptors (Lipinski definition) is 6. The minimum Gasteiger partial charge on any atom is -0.465 e. The number of furan rings is 1. The van der Waals surface area contributed by atoms with Crippen LogP contribution in [0.2, 0.25) is 0 Å². The van der Waals surface area contributed by atoms with Crippen molar-refractivity contribution in [2.24, 2.45) is 5.41 Å². The predicted molar refractivity (Wildman–Crippen MR) is 85.0 cm³/mol. The number of carbonyl (C=O) groups is 3. The lowest BCUT2D eigenvalue weighted by Gasteiger charge is -2.32. The van der Waals surface area contributed by atoms with Gasteiger partial charge in [-0.1, -0.05) is 6.08 Å². The van der Waals surface area contributed by atoms with E-state index in [1.165, 1.54) is 13.4 Å². The Morgan fingerprint density at radius 2 is 2.29 bits per heavy atom. The number of carbonyl (C=O) groups excluding carboxylic acids is 3. The fourth-order valence-corrected chi connectivity index (χ4v) is 2.92. The van der Waals surface area contributed by atoms with Crippen LogP contribution in [-0.2, 0) is 19.1 Å². The van der Waals surface area contributed by atoms with Crippen LogP contribution in [0.15, 0.2) is 28.9 Å². The first kappa shape index (κ1) is 17.8. The summed E-state index contributed by atoms with van der Waals surface area (Å²) in [6.45, 7) is 1.83. The zero-order chi connectivity index (χ0) is 17.6. The lowest BCUT2D eigenvalue weighted by Crippen LogP contribution is -2.54. The van der Waals surface area contributed by atoms with Crippen molar-refractivity contribution in [3.8, 4) is 0 Å². The second-order valence-electron chi connectivity index (χ2n) is 5.46. The third-order valence-corrected chi connectivity index (χ3v) is 4.10. The molecule has 1 fully saturated rings. The van der Waals surface area contributed by atoms with E-state index >= 15 is 0 Å². The van der Waals surface area contributed by atoms with E-state index in [1.54, 1.807) is 31.2 Å². The van der Waals surface area contributed by atoms with Gasteiger partial charge in [-0.3, -0.25) is 9.59 Å². The Morgan fingerprint density at radius 3 is 2.83 bits per heavy atom. The second kappa shape index (κ2) is 7.81. The van der Waals surface area contributed by atoms with Crippen molar-refractivity contribution in [1.29, 1.82) is 0 Å². The summed E-state index contributed by atoms with van der Waals surface area (Å²) in [5.41, 5.74) is -1.44. The lowest BCUT2D eigenvalue weighted by atomic mass is 9.77. The molecule has 1 aromatic heterocycles. The van der Waals surface area contributed by atoms with Crippen LogP contribution in [0.3, 0.4) is 0 Å². The van der Waals surface area contributed by atoms with Crippen molar-refractivity contribution < 1.29 is 28.3 Å². The number of methoxy groups -OCH3 is 1. The van der Waals surface area contributed by atoms with Gasteiger partial charge in [0.15, 0.2) is 5.78 Å². The number of esters is 1. The molecule has 1 heterocycles. The summed E-state index contributed by atoms with van der Waals surface area (Å²) in [4.78, 5) is 36.8. The van der Waals surface area contributed by atoms with Gasteiger partial charge in [-0.05, 0) is 38.0 Å². The lowest BCUT2D eigenvalue weighted by molar-refractivity contribution is -0.159. The molecule has 1 saturated carbocycles. The maximum absolute atomic E-state index is 12.6. The van der Waals surface area contributed by atoms with Gasteiger partial charge in [0.2, 0.25) is 0 Å². The quantitative estimate of drug-likeness (QED) is 0.633. The molecule has 24 heavy (non-hydrogen) atoms. The van der Waals surface area contributed by atoms with Gasteiger partial charge in [0.25, 0.3) is 0 Å². The van der Waals surface area contributed by atoms with Crippen LogP contribution in [0.4, 0.5) is 4.79 Å². The number of hydrogen-bond donors (Lipinski definition) is 1. The van der Waals surface area contributed by atoms with Crippen LogP contribution in [0, 0.1) is 5.41 Å². The fourth-order valence-electron chi connectivity index (χ4n) is 2.92. The van der Waals surface area contributed by atoms with Gasteiger partial charge in [-0.2, -0.15) is 0 Å². The third-order valence-electron chi connectivity index (χ3n) is 4.10. The van der Waals surface area contributed by atoms with E-state index in [1.807, 2.05) is 0 Å². The van der Waals surface area contributed by atoms with E-state index in [0.29, 0.717) is 18.6 Å². The van der Waals surface area contributed by atoms with Crippen LogP contribution in [-0.4, -0.2) is 37.6 Å². The molecule has 0 spiro atoms. The van der Waals surface area contributed by atoms with Crippen molar-refractivity contribution in [1.82, 2.24) is 5.32 Å². The summed E-state index contributed by atoms with van der Waals surface area (Å²) >= 11 is 0. The molecular formula is C17H21NO6. The number of alkyl carbamates (subject to hydrolysis) is 1. The van der Waals surface area contributed by atoms with Crippen LogP contribution in [0.25, 0.3) is 6.08 Å². The molecule has 0 saturated heterocycles. The highest BCUT2D eigenvalue weighted by molar-refractivity contribution is 6.06. The summed E-state index contributed by atoms with van der Waals surface area (Å²) in [6.07, 6.45) is 5.08. The second-order valence-corrected chi connectivity index (χ2v) is 5.46. The van der Waals surface area contributed by atoms with Gasteiger partial charge in [0, 0.05) is 6.42 Å². The summed E-state index contributed by atoms with van der Waals surface area (Å²) in [5.74, 6) is -0.333. The summed E-state index contributed by atoms with van der Waals surface area (Å²) in [7, 11) is 1.22. The molecule has 0 unspecified atom stereocenters. The highest BCUT2D eigenvalue weighted by Gasteiger charge is 2.55. The molecule has 1 N–H and O–H groups in total.